The average molecular weight is 350 g/mol. The third-order valence-electron chi connectivity index (χ3n) is 3.13. The summed E-state index contributed by atoms with van der Waals surface area (Å²) < 4.78 is 1.08. The van der Waals surface area contributed by atoms with Gasteiger partial charge in [-0.1, -0.05) is 70.0 Å². The van der Waals surface area contributed by atoms with Crippen LogP contribution in [0.15, 0.2) is 64.0 Å². The zero-order chi connectivity index (χ0) is 13.4. The maximum absolute atomic E-state index is 6.17. The summed E-state index contributed by atoms with van der Waals surface area (Å²) in [6, 6.07) is 18.3. The van der Waals surface area contributed by atoms with Crippen molar-refractivity contribution >= 4 is 50.9 Å². The molecule has 0 aromatic heterocycles. The zero-order valence-electron chi connectivity index (χ0n) is 9.90. The third kappa shape index (κ3) is 2.29. The molecular formula is C16H10BrClS. The number of halogens is 2. The Morgan fingerprint density at radius 2 is 1.47 bits per heavy atom. The fourth-order valence-corrected chi connectivity index (χ4v) is 3.29. The van der Waals surface area contributed by atoms with Crippen molar-refractivity contribution in [3.05, 3.63) is 64.1 Å². The summed E-state index contributed by atoms with van der Waals surface area (Å²) in [7, 11) is 0. The van der Waals surface area contributed by atoms with Crippen LogP contribution in [0.5, 0.6) is 0 Å². The summed E-state index contributed by atoms with van der Waals surface area (Å²) in [6.07, 6.45) is 0. The second kappa shape index (κ2) is 5.20. The van der Waals surface area contributed by atoms with Gasteiger partial charge in [-0.15, -0.1) is 12.6 Å². The summed E-state index contributed by atoms with van der Waals surface area (Å²) in [5.74, 6) is 0. The number of fused-ring (bicyclic) bond motifs is 1. The van der Waals surface area contributed by atoms with Crippen molar-refractivity contribution in [2.24, 2.45) is 0 Å². The number of benzene rings is 3. The SMILES string of the molecule is Sc1c(Cl)cccc1-c1cccc2cccc(Br)c12. The molecule has 0 fully saturated rings. The molecule has 3 aromatic rings. The summed E-state index contributed by atoms with van der Waals surface area (Å²) >= 11 is 14.3. The average Bonchev–Trinajstić information content (AvgIpc) is 2.42. The van der Waals surface area contributed by atoms with Gasteiger partial charge < -0.3 is 0 Å². The highest BCUT2D eigenvalue weighted by Crippen LogP contribution is 2.38. The highest BCUT2D eigenvalue weighted by molar-refractivity contribution is 9.10. The largest absolute Gasteiger partial charge is 0.141 e. The first-order valence-corrected chi connectivity index (χ1v) is 7.45. The molecule has 0 N–H and O–H groups in total. The standard InChI is InChI=1S/C16H10BrClS/c17-13-8-2-5-10-4-1-6-11(15(10)13)12-7-3-9-14(18)16(12)19/h1-9,19H. The van der Waals surface area contributed by atoms with Gasteiger partial charge in [0.2, 0.25) is 0 Å². The molecule has 0 nitrogen and oxygen atoms in total. The molecule has 0 unspecified atom stereocenters. The predicted octanol–water partition coefficient (Wildman–Crippen LogP) is 6.21. The molecule has 0 saturated carbocycles. The predicted molar refractivity (Wildman–Crippen MR) is 89.3 cm³/mol. The highest BCUT2D eigenvalue weighted by Gasteiger charge is 2.10. The van der Waals surface area contributed by atoms with E-state index in [9.17, 15) is 0 Å². The van der Waals surface area contributed by atoms with Crippen LogP contribution in [-0.4, -0.2) is 0 Å². The fraction of sp³-hybridized carbons (Fsp3) is 0. The fourth-order valence-electron chi connectivity index (χ4n) is 2.25. The van der Waals surface area contributed by atoms with Crippen molar-refractivity contribution in [1.82, 2.24) is 0 Å². The van der Waals surface area contributed by atoms with E-state index in [4.69, 9.17) is 11.6 Å². The first-order chi connectivity index (χ1) is 9.18. The molecular weight excluding hydrogens is 340 g/mol. The topological polar surface area (TPSA) is 0 Å². The lowest BCUT2D eigenvalue weighted by Gasteiger charge is -2.11. The number of hydrogen-bond acceptors (Lipinski definition) is 1. The van der Waals surface area contributed by atoms with Crippen molar-refractivity contribution in [2.75, 3.05) is 0 Å². The van der Waals surface area contributed by atoms with Crippen LogP contribution in [0.3, 0.4) is 0 Å². The van der Waals surface area contributed by atoms with E-state index in [0.717, 1.165) is 20.5 Å². The van der Waals surface area contributed by atoms with E-state index in [2.05, 4.69) is 58.9 Å². The van der Waals surface area contributed by atoms with Gasteiger partial charge in [0.1, 0.15) is 0 Å². The number of hydrogen-bond donors (Lipinski definition) is 1. The Kier molecular flexibility index (Phi) is 3.57. The maximum atomic E-state index is 6.17. The zero-order valence-corrected chi connectivity index (χ0v) is 13.1. The molecule has 94 valence electrons. The lowest BCUT2D eigenvalue weighted by molar-refractivity contribution is 1.46. The van der Waals surface area contributed by atoms with Gasteiger partial charge in [0.05, 0.1) is 5.02 Å². The van der Waals surface area contributed by atoms with Crippen LogP contribution in [0.4, 0.5) is 0 Å². The summed E-state index contributed by atoms with van der Waals surface area (Å²) in [5, 5.41) is 3.05. The molecule has 0 aliphatic carbocycles. The van der Waals surface area contributed by atoms with Gasteiger partial charge in [-0.2, -0.15) is 0 Å². The first kappa shape index (κ1) is 13.0. The Bertz CT molecular complexity index is 763. The Labute approximate surface area is 130 Å². The quantitative estimate of drug-likeness (QED) is 0.496. The van der Waals surface area contributed by atoms with Crippen LogP contribution in [0.1, 0.15) is 0 Å². The Morgan fingerprint density at radius 1 is 0.842 bits per heavy atom. The van der Waals surface area contributed by atoms with Crippen LogP contribution in [0.25, 0.3) is 21.9 Å². The molecule has 0 spiro atoms. The van der Waals surface area contributed by atoms with Gasteiger partial charge >= 0.3 is 0 Å². The van der Waals surface area contributed by atoms with Crippen molar-refractivity contribution in [1.29, 1.82) is 0 Å². The van der Waals surface area contributed by atoms with Crippen LogP contribution < -0.4 is 0 Å². The summed E-state index contributed by atoms with van der Waals surface area (Å²) in [6.45, 7) is 0. The molecule has 0 atom stereocenters. The number of rotatable bonds is 1. The minimum absolute atomic E-state index is 0.671. The Hall–Kier alpha value is -0.960. The molecule has 3 aromatic carbocycles. The molecule has 3 rings (SSSR count). The smallest absolute Gasteiger partial charge is 0.0545 e. The van der Waals surface area contributed by atoms with Gasteiger partial charge in [-0.05, 0) is 28.6 Å². The molecule has 0 heterocycles. The van der Waals surface area contributed by atoms with Crippen molar-refractivity contribution in [3.8, 4) is 11.1 Å². The van der Waals surface area contributed by atoms with Gasteiger partial charge in [0.15, 0.2) is 0 Å². The van der Waals surface area contributed by atoms with Crippen LogP contribution in [0.2, 0.25) is 5.02 Å². The molecule has 19 heavy (non-hydrogen) atoms. The van der Waals surface area contributed by atoms with E-state index in [0.29, 0.717) is 5.02 Å². The molecule has 0 amide bonds. The molecule has 0 saturated heterocycles. The third-order valence-corrected chi connectivity index (χ3v) is 4.72. The molecule has 0 bridgehead atoms. The van der Waals surface area contributed by atoms with Crippen LogP contribution >= 0.6 is 40.2 Å². The minimum atomic E-state index is 0.671. The minimum Gasteiger partial charge on any atom is -0.141 e. The van der Waals surface area contributed by atoms with E-state index in [1.54, 1.807) is 0 Å². The van der Waals surface area contributed by atoms with E-state index >= 15 is 0 Å². The van der Waals surface area contributed by atoms with E-state index in [1.165, 1.54) is 10.8 Å². The second-order valence-corrected chi connectivity index (χ2v) is 5.99. The van der Waals surface area contributed by atoms with E-state index in [1.807, 2.05) is 24.3 Å². The van der Waals surface area contributed by atoms with Gasteiger partial charge in [-0.25, -0.2) is 0 Å². The van der Waals surface area contributed by atoms with Gasteiger partial charge in [-0.3, -0.25) is 0 Å². The van der Waals surface area contributed by atoms with Crippen molar-refractivity contribution < 1.29 is 0 Å². The molecule has 0 aliphatic heterocycles. The van der Waals surface area contributed by atoms with E-state index in [-0.39, 0.29) is 0 Å². The second-order valence-electron chi connectivity index (χ2n) is 4.28. The highest BCUT2D eigenvalue weighted by atomic mass is 79.9. The first-order valence-electron chi connectivity index (χ1n) is 5.83. The van der Waals surface area contributed by atoms with Crippen molar-refractivity contribution in [2.45, 2.75) is 4.90 Å². The number of thiol groups is 1. The lowest BCUT2D eigenvalue weighted by atomic mass is 9.98. The molecule has 0 radical (unpaired) electrons. The Morgan fingerprint density at radius 3 is 2.26 bits per heavy atom. The monoisotopic (exact) mass is 348 g/mol. The molecule has 3 heteroatoms. The van der Waals surface area contributed by atoms with Gasteiger partial charge in [0, 0.05) is 14.8 Å². The maximum Gasteiger partial charge on any atom is 0.0545 e. The lowest BCUT2D eigenvalue weighted by Crippen LogP contribution is -1.85. The molecule has 0 aliphatic rings. The van der Waals surface area contributed by atoms with Gasteiger partial charge in [0.25, 0.3) is 0 Å². The van der Waals surface area contributed by atoms with Crippen molar-refractivity contribution in [3.63, 3.8) is 0 Å². The summed E-state index contributed by atoms with van der Waals surface area (Å²) in [4.78, 5) is 0.812. The summed E-state index contributed by atoms with van der Waals surface area (Å²) in [5.41, 5.74) is 2.19. The van der Waals surface area contributed by atoms with Crippen LogP contribution in [-0.2, 0) is 0 Å². The van der Waals surface area contributed by atoms with Crippen LogP contribution in [0, 0.1) is 0 Å². The Balaban J connectivity index is 2.40. The van der Waals surface area contributed by atoms with E-state index < -0.39 is 0 Å². The normalized spacial score (nSPS) is 10.9.